The van der Waals surface area contributed by atoms with E-state index in [9.17, 15) is 0 Å². The molecule has 98 valence electrons. The van der Waals surface area contributed by atoms with Gasteiger partial charge in [0.25, 0.3) is 0 Å². The highest BCUT2D eigenvalue weighted by molar-refractivity contribution is 9.10. The van der Waals surface area contributed by atoms with Crippen molar-refractivity contribution in [2.24, 2.45) is 5.73 Å². The second-order valence-corrected chi connectivity index (χ2v) is 6.42. The first kappa shape index (κ1) is 14.2. The fraction of sp³-hybridized carbons (Fsp3) is 0.133. The number of halogens is 1. The van der Waals surface area contributed by atoms with E-state index in [2.05, 4.69) is 48.0 Å². The smallest absolute Gasteiger partial charge is 0.123 e. The summed E-state index contributed by atoms with van der Waals surface area (Å²) in [5.41, 5.74) is 8.90. The molecular formula is C15H15BrN2S. The predicted octanol–water partition coefficient (Wildman–Crippen LogP) is 4.50. The molecule has 3 N–H and O–H groups in total. The lowest BCUT2D eigenvalue weighted by atomic mass is 10.2. The van der Waals surface area contributed by atoms with Crippen molar-refractivity contribution in [3.8, 4) is 0 Å². The molecule has 0 fully saturated rings. The number of benzene rings is 2. The van der Waals surface area contributed by atoms with Crippen LogP contribution in [0, 0.1) is 19.3 Å². The van der Waals surface area contributed by atoms with E-state index in [0.29, 0.717) is 0 Å². The maximum absolute atomic E-state index is 7.67. The Kier molecular flexibility index (Phi) is 4.32. The number of nitrogen functional groups attached to an aromatic ring is 1. The summed E-state index contributed by atoms with van der Waals surface area (Å²) in [6.45, 7) is 4.18. The van der Waals surface area contributed by atoms with E-state index in [1.165, 1.54) is 16.0 Å². The molecule has 0 aromatic heterocycles. The zero-order valence-electron chi connectivity index (χ0n) is 10.8. The van der Waals surface area contributed by atoms with Gasteiger partial charge >= 0.3 is 0 Å². The van der Waals surface area contributed by atoms with Gasteiger partial charge in [0, 0.05) is 19.8 Å². The molecule has 0 atom stereocenters. The average Bonchev–Trinajstić information content (AvgIpc) is 2.34. The third-order valence-electron chi connectivity index (χ3n) is 2.78. The van der Waals surface area contributed by atoms with E-state index in [4.69, 9.17) is 11.1 Å². The SMILES string of the molecule is Cc1ccc(Sc2ccc(Br)cc2C(=N)N)c(C)c1. The van der Waals surface area contributed by atoms with Crippen molar-refractivity contribution in [2.45, 2.75) is 23.6 Å². The van der Waals surface area contributed by atoms with Crippen LogP contribution in [0.15, 0.2) is 50.7 Å². The summed E-state index contributed by atoms with van der Waals surface area (Å²) < 4.78 is 0.933. The molecule has 2 rings (SSSR count). The minimum Gasteiger partial charge on any atom is -0.384 e. The molecule has 0 bridgehead atoms. The second-order valence-electron chi connectivity index (χ2n) is 4.43. The van der Waals surface area contributed by atoms with Crippen LogP contribution in [0.1, 0.15) is 16.7 Å². The van der Waals surface area contributed by atoms with E-state index in [0.717, 1.165) is 14.9 Å². The van der Waals surface area contributed by atoms with Gasteiger partial charge in [-0.05, 0) is 43.7 Å². The lowest BCUT2D eigenvalue weighted by molar-refractivity contribution is 1.25. The molecule has 0 amide bonds. The Morgan fingerprint density at radius 3 is 2.42 bits per heavy atom. The van der Waals surface area contributed by atoms with E-state index < -0.39 is 0 Å². The normalized spacial score (nSPS) is 10.5. The van der Waals surface area contributed by atoms with Crippen molar-refractivity contribution in [3.63, 3.8) is 0 Å². The van der Waals surface area contributed by atoms with Gasteiger partial charge in [-0.1, -0.05) is 45.4 Å². The Balaban J connectivity index is 2.40. The van der Waals surface area contributed by atoms with Gasteiger partial charge in [-0.25, -0.2) is 0 Å². The van der Waals surface area contributed by atoms with Gasteiger partial charge in [-0.15, -0.1) is 0 Å². The van der Waals surface area contributed by atoms with Crippen LogP contribution in [0.25, 0.3) is 0 Å². The van der Waals surface area contributed by atoms with Crippen molar-refractivity contribution in [3.05, 3.63) is 57.6 Å². The van der Waals surface area contributed by atoms with Crippen molar-refractivity contribution in [2.75, 3.05) is 0 Å². The lowest BCUT2D eigenvalue weighted by Gasteiger charge is -2.11. The number of amidine groups is 1. The van der Waals surface area contributed by atoms with Crippen LogP contribution in [-0.4, -0.2) is 5.84 Å². The molecule has 2 aromatic rings. The zero-order valence-corrected chi connectivity index (χ0v) is 13.2. The van der Waals surface area contributed by atoms with Gasteiger partial charge in [0.1, 0.15) is 5.84 Å². The van der Waals surface area contributed by atoms with Gasteiger partial charge in [0.15, 0.2) is 0 Å². The van der Waals surface area contributed by atoms with Gasteiger partial charge < -0.3 is 5.73 Å². The summed E-state index contributed by atoms with van der Waals surface area (Å²) in [6, 6.07) is 12.2. The molecule has 0 spiro atoms. The van der Waals surface area contributed by atoms with Crippen LogP contribution < -0.4 is 5.73 Å². The monoisotopic (exact) mass is 334 g/mol. The highest BCUT2D eigenvalue weighted by Gasteiger charge is 2.09. The van der Waals surface area contributed by atoms with Gasteiger partial charge in [-0.3, -0.25) is 5.41 Å². The fourth-order valence-corrected chi connectivity index (χ4v) is 3.20. The Bertz CT molecular complexity index is 638. The molecule has 2 nitrogen and oxygen atoms in total. The fourth-order valence-electron chi connectivity index (χ4n) is 1.83. The molecule has 0 radical (unpaired) electrons. The van der Waals surface area contributed by atoms with Crippen LogP contribution in [0.3, 0.4) is 0 Å². The number of rotatable bonds is 3. The largest absolute Gasteiger partial charge is 0.384 e. The first-order valence-corrected chi connectivity index (χ1v) is 7.47. The van der Waals surface area contributed by atoms with Crippen molar-refractivity contribution >= 4 is 33.5 Å². The lowest BCUT2D eigenvalue weighted by Crippen LogP contribution is -2.12. The summed E-state index contributed by atoms with van der Waals surface area (Å²) >= 11 is 5.06. The standard InChI is InChI=1S/C15H15BrN2S/c1-9-3-5-13(10(2)7-9)19-14-6-4-11(16)8-12(14)15(17)18/h3-8H,1-2H3,(H3,17,18). The van der Waals surface area contributed by atoms with E-state index >= 15 is 0 Å². The average molecular weight is 335 g/mol. The van der Waals surface area contributed by atoms with E-state index in [1.54, 1.807) is 11.8 Å². The molecule has 0 saturated carbocycles. The molecule has 0 aliphatic heterocycles. The Morgan fingerprint density at radius 2 is 1.79 bits per heavy atom. The molecule has 2 aromatic carbocycles. The summed E-state index contributed by atoms with van der Waals surface area (Å²) in [5, 5.41) is 7.67. The number of hydrogen-bond acceptors (Lipinski definition) is 2. The number of hydrogen-bond donors (Lipinski definition) is 2. The van der Waals surface area contributed by atoms with E-state index in [1.807, 2.05) is 18.2 Å². The van der Waals surface area contributed by atoms with Crippen molar-refractivity contribution in [1.29, 1.82) is 5.41 Å². The van der Waals surface area contributed by atoms with Gasteiger partial charge in [-0.2, -0.15) is 0 Å². The maximum Gasteiger partial charge on any atom is 0.123 e. The number of nitrogens with one attached hydrogen (secondary N) is 1. The second kappa shape index (κ2) is 5.80. The minimum absolute atomic E-state index is 0.0913. The third-order valence-corrected chi connectivity index (χ3v) is 4.53. The van der Waals surface area contributed by atoms with Crippen LogP contribution in [0.4, 0.5) is 0 Å². The number of nitrogens with two attached hydrogens (primary N) is 1. The molecule has 0 unspecified atom stereocenters. The first-order chi connectivity index (χ1) is 8.97. The third kappa shape index (κ3) is 3.39. The molecule has 4 heteroatoms. The first-order valence-electron chi connectivity index (χ1n) is 5.86. The van der Waals surface area contributed by atoms with Crippen LogP contribution in [0.5, 0.6) is 0 Å². The topological polar surface area (TPSA) is 49.9 Å². The highest BCUT2D eigenvalue weighted by atomic mass is 79.9. The molecule has 0 aliphatic carbocycles. The van der Waals surface area contributed by atoms with Crippen LogP contribution in [0.2, 0.25) is 0 Å². The Morgan fingerprint density at radius 1 is 1.11 bits per heavy atom. The summed E-state index contributed by atoms with van der Waals surface area (Å²) in [6.07, 6.45) is 0. The highest BCUT2D eigenvalue weighted by Crippen LogP contribution is 2.34. The quantitative estimate of drug-likeness (QED) is 0.641. The van der Waals surface area contributed by atoms with Gasteiger partial charge in [0.05, 0.1) is 0 Å². The van der Waals surface area contributed by atoms with Crippen LogP contribution >= 0.6 is 27.7 Å². The molecule has 19 heavy (non-hydrogen) atoms. The molecule has 0 saturated heterocycles. The number of aryl methyl sites for hydroxylation is 2. The van der Waals surface area contributed by atoms with E-state index in [-0.39, 0.29) is 5.84 Å². The zero-order chi connectivity index (χ0) is 14.0. The minimum atomic E-state index is 0.0913. The van der Waals surface area contributed by atoms with Gasteiger partial charge in [0.2, 0.25) is 0 Å². The maximum atomic E-state index is 7.67. The summed E-state index contributed by atoms with van der Waals surface area (Å²) in [7, 11) is 0. The molecular weight excluding hydrogens is 320 g/mol. The van der Waals surface area contributed by atoms with Crippen molar-refractivity contribution < 1.29 is 0 Å². The summed E-state index contributed by atoms with van der Waals surface area (Å²) in [4.78, 5) is 2.19. The Labute approximate surface area is 126 Å². The summed E-state index contributed by atoms with van der Waals surface area (Å²) in [5.74, 6) is 0.0913. The van der Waals surface area contributed by atoms with Crippen molar-refractivity contribution in [1.82, 2.24) is 0 Å². The Hall–Kier alpha value is -1.26. The van der Waals surface area contributed by atoms with Crippen LogP contribution in [-0.2, 0) is 0 Å². The molecule has 0 heterocycles. The molecule has 0 aliphatic rings. The predicted molar refractivity (Wildman–Crippen MR) is 85.2 cm³/mol.